The van der Waals surface area contributed by atoms with Crippen LogP contribution in [0.15, 0.2) is 42.6 Å². The van der Waals surface area contributed by atoms with Gasteiger partial charge in [0.25, 0.3) is 0 Å². The number of Topliss-reactive ketones (excluding diaryl/α,β-unsaturated/α-hetero) is 1. The standard InChI is InChI=1S/C13H10ClNO2/c1-9(16)10-5-4-8-15-13(10)17-12-7-3-2-6-11(12)14/h2-8H,1H3. The molecular weight excluding hydrogens is 238 g/mol. The average molecular weight is 248 g/mol. The first-order chi connectivity index (χ1) is 8.18. The molecule has 2 rings (SSSR count). The molecule has 0 amide bonds. The van der Waals surface area contributed by atoms with Crippen molar-refractivity contribution >= 4 is 17.4 Å². The molecule has 0 saturated heterocycles. The average Bonchev–Trinajstić information content (AvgIpc) is 2.32. The van der Waals surface area contributed by atoms with E-state index in [1.807, 2.05) is 0 Å². The van der Waals surface area contributed by atoms with E-state index in [1.165, 1.54) is 6.92 Å². The fourth-order valence-corrected chi connectivity index (χ4v) is 1.55. The van der Waals surface area contributed by atoms with Gasteiger partial charge >= 0.3 is 0 Å². The molecule has 0 fully saturated rings. The second-order valence-corrected chi connectivity index (χ2v) is 3.85. The van der Waals surface area contributed by atoms with Crippen molar-refractivity contribution in [2.24, 2.45) is 0 Å². The Hall–Kier alpha value is -1.87. The van der Waals surface area contributed by atoms with Gasteiger partial charge in [0.1, 0.15) is 5.75 Å². The van der Waals surface area contributed by atoms with Gasteiger partial charge in [-0.25, -0.2) is 4.98 Å². The zero-order chi connectivity index (χ0) is 12.3. The summed E-state index contributed by atoms with van der Waals surface area (Å²) in [5, 5.41) is 0.479. The summed E-state index contributed by atoms with van der Waals surface area (Å²) in [6, 6.07) is 10.4. The summed E-state index contributed by atoms with van der Waals surface area (Å²) in [5.74, 6) is 0.656. The Balaban J connectivity index is 2.37. The largest absolute Gasteiger partial charge is 0.437 e. The number of hydrogen-bond donors (Lipinski definition) is 0. The number of rotatable bonds is 3. The summed E-state index contributed by atoms with van der Waals surface area (Å²) in [6.45, 7) is 1.47. The molecule has 0 aliphatic carbocycles. The van der Waals surface area contributed by atoms with E-state index in [4.69, 9.17) is 16.3 Å². The quantitative estimate of drug-likeness (QED) is 0.776. The number of halogens is 1. The topological polar surface area (TPSA) is 39.2 Å². The molecule has 17 heavy (non-hydrogen) atoms. The van der Waals surface area contributed by atoms with E-state index in [1.54, 1.807) is 42.6 Å². The molecule has 86 valence electrons. The number of carbonyl (C=O) groups excluding carboxylic acids is 1. The van der Waals surface area contributed by atoms with Gasteiger partial charge in [-0.1, -0.05) is 23.7 Å². The first kappa shape index (κ1) is 11.6. The second kappa shape index (κ2) is 4.97. The van der Waals surface area contributed by atoms with E-state index in [9.17, 15) is 4.79 Å². The lowest BCUT2D eigenvalue weighted by atomic mass is 10.2. The van der Waals surface area contributed by atoms with E-state index in [0.29, 0.717) is 16.3 Å². The van der Waals surface area contributed by atoms with Gasteiger partial charge in [-0.15, -0.1) is 0 Å². The van der Waals surface area contributed by atoms with Crippen molar-refractivity contribution in [1.82, 2.24) is 4.98 Å². The number of benzene rings is 1. The van der Waals surface area contributed by atoms with Crippen LogP contribution in [0.4, 0.5) is 0 Å². The van der Waals surface area contributed by atoms with Crippen LogP contribution in [0, 0.1) is 0 Å². The lowest BCUT2D eigenvalue weighted by Crippen LogP contribution is -1.99. The Morgan fingerprint density at radius 1 is 1.24 bits per heavy atom. The van der Waals surface area contributed by atoms with E-state index in [0.717, 1.165) is 0 Å². The predicted octanol–water partition coefficient (Wildman–Crippen LogP) is 3.73. The Bertz CT molecular complexity index is 555. The molecule has 0 saturated carbocycles. The zero-order valence-corrected chi connectivity index (χ0v) is 9.94. The van der Waals surface area contributed by atoms with Crippen molar-refractivity contribution in [3.8, 4) is 11.6 Å². The molecule has 1 aromatic heterocycles. The Morgan fingerprint density at radius 2 is 2.00 bits per heavy atom. The zero-order valence-electron chi connectivity index (χ0n) is 9.18. The molecule has 0 aliphatic heterocycles. The highest BCUT2D eigenvalue weighted by atomic mass is 35.5. The highest BCUT2D eigenvalue weighted by molar-refractivity contribution is 6.32. The number of hydrogen-bond acceptors (Lipinski definition) is 3. The molecule has 0 N–H and O–H groups in total. The van der Waals surface area contributed by atoms with Gasteiger partial charge in [0.2, 0.25) is 5.88 Å². The van der Waals surface area contributed by atoms with Crippen LogP contribution in [0.3, 0.4) is 0 Å². The molecule has 4 heteroatoms. The van der Waals surface area contributed by atoms with Crippen molar-refractivity contribution in [3.63, 3.8) is 0 Å². The Kier molecular flexibility index (Phi) is 3.40. The first-order valence-electron chi connectivity index (χ1n) is 5.07. The van der Waals surface area contributed by atoms with Crippen molar-refractivity contribution in [2.75, 3.05) is 0 Å². The number of nitrogens with zero attached hydrogens (tertiary/aromatic N) is 1. The minimum atomic E-state index is -0.0971. The van der Waals surface area contributed by atoms with E-state index in [-0.39, 0.29) is 11.7 Å². The number of ether oxygens (including phenoxy) is 1. The van der Waals surface area contributed by atoms with Crippen LogP contribution >= 0.6 is 11.6 Å². The summed E-state index contributed by atoms with van der Waals surface area (Å²) >= 11 is 5.97. The maximum absolute atomic E-state index is 11.4. The van der Waals surface area contributed by atoms with Crippen LogP contribution in [-0.2, 0) is 0 Å². The third kappa shape index (κ3) is 2.63. The van der Waals surface area contributed by atoms with Gasteiger partial charge in [-0.2, -0.15) is 0 Å². The number of para-hydroxylation sites is 1. The third-order valence-electron chi connectivity index (χ3n) is 2.19. The summed E-state index contributed by atoms with van der Waals surface area (Å²) < 4.78 is 5.54. The third-order valence-corrected chi connectivity index (χ3v) is 2.51. The van der Waals surface area contributed by atoms with Crippen LogP contribution in [0.1, 0.15) is 17.3 Å². The Morgan fingerprint density at radius 3 is 2.71 bits per heavy atom. The molecule has 3 nitrogen and oxygen atoms in total. The summed E-state index contributed by atoms with van der Waals surface area (Å²) in [7, 11) is 0. The summed E-state index contributed by atoms with van der Waals surface area (Å²) in [6.07, 6.45) is 1.57. The Labute approximate surface area is 104 Å². The highest BCUT2D eigenvalue weighted by Gasteiger charge is 2.11. The predicted molar refractivity (Wildman–Crippen MR) is 65.8 cm³/mol. The fourth-order valence-electron chi connectivity index (χ4n) is 1.37. The summed E-state index contributed by atoms with van der Waals surface area (Å²) in [5.41, 5.74) is 0.437. The van der Waals surface area contributed by atoms with E-state index >= 15 is 0 Å². The molecule has 0 atom stereocenters. The van der Waals surface area contributed by atoms with Gasteiger partial charge in [-0.05, 0) is 31.2 Å². The summed E-state index contributed by atoms with van der Waals surface area (Å²) in [4.78, 5) is 15.4. The van der Waals surface area contributed by atoms with Crippen LogP contribution in [0.5, 0.6) is 11.6 Å². The molecule has 0 bridgehead atoms. The van der Waals surface area contributed by atoms with Crippen molar-refractivity contribution in [1.29, 1.82) is 0 Å². The van der Waals surface area contributed by atoms with Crippen LogP contribution in [0.2, 0.25) is 5.02 Å². The molecule has 0 spiro atoms. The van der Waals surface area contributed by atoms with Gasteiger partial charge < -0.3 is 4.74 Å². The lowest BCUT2D eigenvalue weighted by molar-refractivity contribution is 0.101. The molecule has 1 heterocycles. The molecule has 0 aliphatic rings. The lowest BCUT2D eigenvalue weighted by Gasteiger charge is -2.08. The van der Waals surface area contributed by atoms with E-state index in [2.05, 4.69) is 4.98 Å². The number of ketones is 1. The van der Waals surface area contributed by atoms with Crippen LogP contribution < -0.4 is 4.74 Å². The van der Waals surface area contributed by atoms with Crippen LogP contribution in [0.25, 0.3) is 0 Å². The highest BCUT2D eigenvalue weighted by Crippen LogP contribution is 2.29. The van der Waals surface area contributed by atoms with Gasteiger partial charge in [0.15, 0.2) is 5.78 Å². The monoisotopic (exact) mass is 247 g/mol. The maximum atomic E-state index is 11.4. The fraction of sp³-hybridized carbons (Fsp3) is 0.0769. The number of aromatic nitrogens is 1. The number of carbonyl (C=O) groups is 1. The minimum absolute atomic E-state index is 0.0971. The van der Waals surface area contributed by atoms with Crippen LogP contribution in [-0.4, -0.2) is 10.8 Å². The van der Waals surface area contributed by atoms with Gasteiger partial charge in [0, 0.05) is 6.20 Å². The molecule has 1 aromatic carbocycles. The van der Waals surface area contributed by atoms with Crippen molar-refractivity contribution < 1.29 is 9.53 Å². The van der Waals surface area contributed by atoms with Gasteiger partial charge in [0.05, 0.1) is 10.6 Å². The first-order valence-corrected chi connectivity index (χ1v) is 5.44. The molecular formula is C13H10ClNO2. The second-order valence-electron chi connectivity index (χ2n) is 3.44. The maximum Gasteiger partial charge on any atom is 0.230 e. The smallest absolute Gasteiger partial charge is 0.230 e. The van der Waals surface area contributed by atoms with E-state index < -0.39 is 0 Å². The number of pyridine rings is 1. The SMILES string of the molecule is CC(=O)c1cccnc1Oc1ccccc1Cl. The minimum Gasteiger partial charge on any atom is -0.437 e. The molecule has 0 unspecified atom stereocenters. The van der Waals surface area contributed by atoms with Crippen molar-refractivity contribution in [3.05, 3.63) is 53.2 Å². The van der Waals surface area contributed by atoms with Crippen molar-refractivity contribution in [2.45, 2.75) is 6.92 Å². The normalized spacial score (nSPS) is 10.0. The molecule has 0 radical (unpaired) electrons. The van der Waals surface area contributed by atoms with Gasteiger partial charge in [-0.3, -0.25) is 4.79 Å². The molecule has 2 aromatic rings.